The van der Waals surface area contributed by atoms with E-state index >= 15 is 0 Å². The molecule has 3 rings (SSSR count). The first-order valence-electron chi connectivity index (χ1n) is 5.21. The Morgan fingerprint density at radius 3 is 2.56 bits per heavy atom. The highest BCUT2D eigenvalue weighted by molar-refractivity contribution is 14.1. The second-order valence-electron chi connectivity index (χ2n) is 3.83. The number of hydrogen-bond donors (Lipinski definition) is 1. The minimum Gasteiger partial charge on any atom is -0.397 e. The molecule has 90 valence electrons. The summed E-state index contributed by atoms with van der Waals surface area (Å²) in [5, 5.41) is 9.28. The summed E-state index contributed by atoms with van der Waals surface area (Å²) in [7, 11) is 0. The van der Waals surface area contributed by atoms with Crippen LogP contribution in [0, 0.1) is 3.57 Å². The molecule has 0 saturated carbocycles. The van der Waals surface area contributed by atoms with E-state index in [1.54, 1.807) is 16.9 Å². The van der Waals surface area contributed by atoms with Crippen molar-refractivity contribution in [3.63, 3.8) is 0 Å². The number of benzene rings is 2. The highest BCUT2D eigenvalue weighted by atomic mass is 127. The van der Waals surface area contributed by atoms with Crippen molar-refractivity contribution in [2.75, 3.05) is 5.73 Å². The van der Waals surface area contributed by atoms with Gasteiger partial charge in [0.1, 0.15) is 11.0 Å². The third kappa shape index (κ3) is 2.04. The highest BCUT2D eigenvalue weighted by Gasteiger charge is 2.07. The minimum atomic E-state index is 0.497. The van der Waals surface area contributed by atoms with Crippen LogP contribution in [-0.4, -0.2) is 15.0 Å². The Bertz CT molecular complexity index is 699. The number of rotatable bonds is 1. The number of fused-ring (bicyclic) bond motifs is 1. The van der Waals surface area contributed by atoms with Crippen molar-refractivity contribution in [1.82, 2.24) is 15.0 Å². The molecule has 2 aromatic carbocycles. The fourth-order valence-corrected chi connectivity index (χ4v) is 2.35. The minimum absolute atomic E-state index is 0.497. The molecule has 6 heteroatoms. The quantitative estimate of drug-likeness (QED) is 0.528. The number of nitrogen functional groups attached to an aromatic ring is 1. The van der Waals surface area contributed by atoms with Crippen molar-refractivity contribution in [3.8, 4) is 5.69 Å². The fourth-order valence-electron chi connectivity index (χ4n) is 1.67. The molecule has 0 aliphatic heterocycles. The van der Waals surface area contributed by atoms with Crippen LogP contribution in [0.5, 0.6) is 0 Å². The van der Waals surface area contributed by atoms with Gasteiger partial charge in [-0.15, -0.1) is 10.2 Å². The molecule has 0 radical (unpaired) electrons. The molecule has 1 aromatic heterocycles. The van der Waals surface area contributed by atoms with E-state index in [4.69, 9.17) is 17.3 Å². The van der Waals surface area contributed by atoms with E-state index in [2.05, 4.69) is 32.8 Å². The molecule has 0 aliphatic rings. The van der Waals surface area contributed by atoms with E-state index in [-0.39, 0.29) is 0 Å². The fraction of sp³-hybridized carbons (Fsp3) is 0. The number of halogens is 2. The molecule has 2 N–H and O–H groups in total. The summed E-state index contributed by atoms with van der Waals surface area (Å²) in [5.41, 5.74) is 8.63. The summed E-state index contributed by atoms with van der Waals surface area (Å²) in [6.45, 7) is 0. The lowest BCUT2D eigenvalue weighted by Crippen LogP contribution is -1.98. The van der Waals surface area contributed by atoms with Crippen LogP contribution in [0.15, 0.2) is 36.4 Å². The lowest BCUT2D eigenvalue weighted by atomic mass is 10.3. The predicted octanol–water partition coefficient (Wildman–Crippen LogP) is 3.26. The molecule has 0 amide bonds. The van der Waals surface area contributed by atoms with Gasteiger partial charge in [-0.3, -0.25) is 0 Å². The lowest BCUT2D eigenvalue weighted by Gasteiger charge is -1.98. The average molecular weight is 371 g/mol. The normalized spacial score (nSPS) is 11.0. The second kappa shape index (κ2) is 4.40. The standard InChI is InChI=1S/C12H8ClIN4/c13-9-5-11-12(6-10(9)15)17-18(16-11)8-3-1-2-7(14)4-8/h1-6H,15H2. The number of nitrogens with two attached hydrogens (primary N) is 1. The molecular formula is C12H8ClIN4. The smallest absolute Gasteiger partial charge is 0.115 e. The van der Waals surface area contributed by atoms with Gasteiger partial charge in [0.2, 0.25) is 0 Å². The molecule has 18 heavy (non-hydrogen) atoms. The highest BCUT2D eigenvalue weighted by Crippen LogP contribution is 2.24. The van der Waals surface area contributed by atoms with E-state index in [1.165, 1.54) is 0 Å². The van der Waals surface area contributed by atoms with Crippen LogP contribution in [0.4, 0.5) is 5.69 Å². The van der Waals surface area contributed by atoms with Crippen molar-refractivity contribution in [2.45, 2.75) is 0 Å². The van der Waals surface area contributed by atoms with E-state index in [0.717, 1.165) is 20.3 Å². The number of aromatic nitrogens is 3. The summed E-state index contributed by atoms with van der Waals surface area (Å²) in [6.07, 6.45) is 0. The summed E-state index contributed by atoms with van der Waals surface area (Å²) in [4.78, 5) is 1.59. The number of hydrogen-bond acceptors (Lipinski definition) is 3. The molecule has 0 aliphatic carbocycles. The first-order chi connectivity index (χ1) is 8.63. The Morgan fingerprint density at radius 2 is 1.83 bits per heavy atom. The Labute approximate surface area is 122 Å². The Balaban J connectivity index is 2.19. The molecule has 0 atom stereocenters. The predicted molar refractivity (Wildman–Crippen MR) is 81.0 cm³/mol. The molecular weight excluding hydrogens is 363 g/mol. The van der Waals surface area contributed by atoms with Gasteiger partial charge in [-0.1, -0.05) is 17.7 Å². The topological polar surface area (TPSA) is 56.7 Å². The van der Waals surface area contributed by atoms with Gasteiger partial charge in [0.15, 0.2) is 0 Å². The lowest BCUT2D eigenvalue weighted by molar-refractivity contribution is 0.765. The maximum Gasteiger partial charge on any atom is 0.115 e. The first-order valence-corrected chi connectivity index (χ1v) is 6.67. The monoisotopic (exact) mass is 370 g/mol. The van der Waals surface area contributed by atoms with Gasteiger partial charge in [0.05, 0.1) is 16.4 Å². The molecule has 3 aromatic rings. The molecule has 1 heterocycles. The maximum absolute atomic E-state index is 5.96. The van der Waals surface area contributed by atoms with Gasteiger partial charge in [-0.05, 0) is 52.9 Å². The Morgan fingerprint density at radius 1 is 1.11 bits per heavy atom. The van der Waals surface area contributed by atoms with Crippen LogP contribution in [0.2, 0.25) is 5.02 Å². The Kier molecular flexibility index (Phi) is 2.87. The molecule has 0 spiro atoms. The van der Waals surface area contributed by atoms with E-state index in [9.17, 15) is 0 Å². The van der Waals surface area contributed by atoms with Gasteiger partial charge >= 0.3 is 0 Å². The largest absolute Gasteiger partial charge is 0.397 e. The summed E-state index contributed by atoms with van der Waals surface area (Å²) in [5.74, 6) is 0. The first kappa shape index (κ1) is 11.7. The van der Waals surface area contributed by atoms with Crippen LogP contribution >= 0.6 is 34.2 Å². The number of nitrogens with zero attached hydrogens (tertiary/aromatic N) is 3. The van der Waals surface area contributed by atoms with E-state index in [1.807, 2.05) is 24.3 Å². The van der Waals surface area contributed by atoms with Crippen molar-refractivity contribution in [2.24, 2.45) is 0 Å². The number of anilines is 1. The van der Waals surface area contributed by atoms with Gasteiger partial charge < -0.3 is 5.73 Å². The molecule has 0 unspecified atom stereocenters. The van der Waals surface area contributed by atoms with E-state index < -0.39 is 0 Å². The van der Waals surface area contributed by atoms with Crippen LogP contribution < -0.4 is 5.73 Å². The molecule has 0 fully saturated rings. The molecule has 4 nitrogen and oxygen atoms in total. The van der Waals surface area contributed by atoms with Gasteiger partial charge in [-0.25, -0.2) is 0 Å². The summed E-state index contributed by atoms with van der Waals surface area (Å²) in [6, 6.07) is 11.4. The van der Waals surface area contributed by atoms with E-state index in [0.29, 0.717) is 10.7 Å². The maximum atomic E-state index is 5.96. The van der Waals surface area contributed by atoms with Gasteiger partial charge in [0.25, 0.3) is 0 Å². The van der Waals surface area contributed by atoms with Gasteiger partial charge in [-0.2, -0.15) is 4.80 Å². The molecule has 0 saturated heterocycles. The SMILES string of the molecule is Nc1cc2nn(-c3cccc(I)c3)nc2cc1Cl. The van der Waals surface area contributed by atoms with Crippen LogP contribution in [0.25, 0.3) is 16.7 Å². The Hall–Kier alpha value is -1.34. The van der Waals surface area contributed by atoms with Crippen molar-refractivity contribution in [3.05, 3.63) is 45.0 Å². The van der Waals surface area contributed by atoms with Crippen molar-refractivity contribution >= 4 is 50.9 Å². The zero-order valence-corrected chi connectivity index (χ0v) is 12.1. The average Bonchev–Trinajstić information content (AvgIpc) is 2.73. The third-order valence-corrected chi connectivity index (χ3v) is 3.54. The zero-order chi connectivity index (χ0) is 12.7. The third-order valence-electron chi connectivity index (χ3n) is 2.54. The van der Waals surface area contributed by atoms with Gasteiger partial charge in [0, 0.05) is 3.57 Å². The van der Waals surface area contributed by atoms with Crippen molar-refractivity contribution in [1.29, 1.82) is 0 Å². The summed E-state index contributed by atoms with van der Waals surface area (Å²) >= 11 is 8.22. The molecule has 0 bridgehead atoms. The van der Waals surface area contributed by atoms with Crippen LogP contribution in [0.3, 0.4) is 0 Å². The van der Waals surface area contributed by atoms with Crippen LogP contribution in [0.1, 0.15) is 0 Å². The van der Waals surface area contributed by atoms with Crippen molar-refractivity contribution < 1.29 is 0 Å². The van der Waals surface area contributed by atoms with Crippen LogP contribution in [-0.2, 0) is 0 Å². The zero-order valence-electron chi connectivity index (χ0n) is 9.14. The second-order valence-corrected chi connectivity index (χ2v) is 5.48. The summed E-state index contributed by atoms with van der Waals surface area (Å²) < 4.78 is 1.13.